The van der Waals surface area contributed by atoms with Gasteiger partial charge in [0.1, 0.15) is 0 Å². The number of rotatable bonds is 5. The SMILES string of the molecule is C=CCc1ccc(O)c(OC)c1CCC.[KH]. The van der Waals surface area contributed by atoms with Crippen molar-refractivity contribution in [3.05, 3.63) is 35.9 Å². The third-order valence-electron chi connectivity index (χ3n) is 2.41. The molecule has 0 spiro atoms. The standard InChI is InChI=1S/C13H18O2.K.H/c1-4-6-10-8-9-12(14)13(15-3)11(10)7-5-2;;/h4,8-9,14H,1,5-7H2,2-3H3;;. The van der Waals surface area contributed by atoms with Gasteiger partial charge in [0.2, 0.25) is 0 Å². The number of aromatic hydroxyl groups is 1. The molecule has 3 heteroatoms. The van der Waals surface area contributed by atoms with E-state index >= 15 is 0 Å². The quantitative estimate of drug-likeness (QED) is 0.639. The van der Waals surface area contributed by atoms with E-state index in [9.17, 15) is 5.11 Å². The van der Waals surface area contributed by atoms with Gasteiger partial charge in [-0.2, -0.15) is 0 Å². The minimum atomic E-state index is 0. The van der Waals surface area contributed by atoms with Crippen molar-refractivity contribution in [2.75, 3.05) is 7.11 Å². The molecule has 16 heavy (non-hydrogen) atoms. The van der Waals surface area contributed by atoms with E-state index in [0.29, 0.717) is 5.75 Å². The van der Waals surface area contributed by atoms with E-state index in [2.05, 4.69) is 13.5 Å². The normalized spacial score (nSPS) is 9.38. The van der Waals surface area contributed by atoms with Gasteiger partial charge in [-0.25, -0.2) is 0 Å². The van der Waals surface area contributed by atoms with Crippen LogP contribution in [0, 0.1) is 0 Å². The fraction of sp³-hybridized carbons (Fsp3) is 0.385. The predicted octanol–water partition coefficient (Wildman–Crippen LogP) is 2.43. The van der Waals surface area contributed by atoms with Gasteiger partial charge in [0, 0.05) is 5.56 Å². The van der Waals surface area contributed by atoms with E-state index in [1.54, 1.807) is 13.2 Å². The van der Waals surface area contributed by atoms with Gasteiger partial charge < -0.3 is 9.84 Å². The molecule has 0 aliphatic carbocycles. The molecule has 0 radical (unpaired) electrons. The van der Waals surface area contributed by atoms with E-state index in [4.69, 9.17) is 4.74 Å². The number of hydrogen-bond donors (Lipinski definition) is 1. The average Bonchev–Trinajstić information content (AvgIpc) is 2.23. The second-order valence-corrected chi connectivity index (χ2v) is 3.50. The number of ether oxygens (including phenoxy) is 1. The topological polar surface area (TPSA) is 29.5 Å². The van der Waals surface area contributed by atoms with Gasteiger partial charge in [-0.15, -0.1) is 6.58 Å². The van der Waals surface area contributed by atoms with Gasteiger partial charge in [0.15, 0.2) is 11.5 Å². The Morgan fingerprint density at radius 2 is 2.12 bits per heavy atom. The molecule has 0 fully saturated rings. The maximum atomic E-state index is 9.66. The number of hydrogen-bond acceptors (Lipinski definition) is 2. The summed E-state index contributed by atoms with van der Waals surface area (Å²) in [7, 11) is 1.59. The average molecular weight is 246 g/mol. The van der Waals surface area contributed by atoms with Crippen molar-refractivity contribution < 1.29 is 9.84 Å². The Balaban J connectivity index is 0.00000225. The summed E-state index contributed by atoms with van der Waals surface area (Å²) in [6.45, 7) is 5.84. The van der Waals surface area contributed by atoms with Crippen molar-refractivity contribution in [2.24, 2.45) is 0 Å². The first kappa shape index (κ1) is 16.2. The molecular weight excluding hydrogens is 227 g/mol. The molecule has 1 aromatic rings. The molecule has 1 rings (SSSR count). The van der Waals surface area contributed by atoms with Crippen LogP contribution in [0.1, 0.15) is 24.5 Å². The molecule has 0 amide bonds. The van der Waals surface area contributed by atoms with Gasteiger partial charge in [0.05, 0.1) is 7.11 Å². The summed E-state index contributed by atoms with van der Waals surface area (Å²) in [6.07, 6.45) is 4.63. The number of allylic oxidation sites excluding steroid dienone is 1. The fourth-order valence-electron chi connectivity index (χ4n) is 1.75. The number of phenolic OH excluding ortho intramolecular Hbond substituents is 1. The molecule has 0 atom stereocenters. The van der Waals surface area contributed by atoms with Gasteiger partial charge in [-0.05, 0) is 24.5 Å². The number of benzene rings is 1. The maximum absolute atomic E-state index is 9.66. The van der Waals surface area contributed by atoms with Gasteiger partial charge in [-0.3, -0.25) is 0 Å². The van der Waals surface area contributed by atoms with Gasteiger partial charge >= 0.3 is 51.4 Å². The zero-order valence-electron chi connectivity index (χ0n) is 9.42. The van der Waals surface area contributed by atoms with E-state index in [1.807, 2.05) is 12.1 Å². The van der Waals surface area contributed by atoms with Crippen LogP contribution < -0.4 is 4.74 Å². The Kier molecular flexibility index (Phi) is 8.41. The summed E-state index contributed by atoms with van der Waals surface area (Å²) in [6, 6.07) is 3.61. The van der Waals surface area contributed by atoms with E-state index < -0.39 is 0 Å². The monoisotopic (exact) mass is 246 g/mol. The van der Waals surface area contributed by atoms with Crippen LogP contribution in [0.3, 0.4) is 0 Å². The summed E-state index contributed by atoms with van der Waals surface area (Å²) in [5.74, 6) is 0.824. The van der Waals surface area contributed by atoms with E-state index in [1.165, 1.54) is 5.56 Å². The first-order chi connectivity index (χ1) is 7.24. The fourth-order valence-corrected chi connectivity index (χ4v) is 1.75. The summed E-state index contributed by atoms with van der Waals surface area (Å²) in [4.78, 5) is 0. The molecule has 84 valence electrons. The molecule has 0 aromatic heterocycles. The second-order valence-electron chi connectivity index (χ2n) is 3.50. The van der Waals surface area contributed by atoms with Crippen molar-refractivity contribution in [1.29, 1.82) is 0 Å². The molecular formula is C13H19KO2. The Bertz CT molecular complexity index is 348. The Labute approximate surface area is 140 Å². The molecule has 0 unspecified atom stereocenters. The van der Waals surface area contributed by atoms with Crippen LogP contribution in [-0.2, 0) is 12.8 Å². The molecule has 0 aliphatic rings. The van der Waals surface area contributed by atoms with Crippen molar-refractivity contribution >= 4 is 51.4 Å². The predicted molar refractivity (Wildman–Crippen MR) is 69.7 cm³/mol. The summed E-state index contributed by atoms with van der Waals surface area (Å²) >= 11 is 0. The van der Waals surface area contributed by atoms with Crippen molar-refractivity contribution in [3.63, 3.8) is 0 Å². The number of phenols is 1. The summed E-state index contributed by atoms with van der Waals surface area (Å²) < 4.78 is 5.23. The Hall–Kier alpha value is 0.196. The first-order valence-electron chi connectivity index (χ1n) is 5.23. The number of methoxy groups -OCH3 is 1. The van der Waals surface area contributed by atoms with Crippen LogP contribution in [-0.4, -0.2) is 63.6 Å². The Morgan fingerprint density at radius 3 is 2.62 bits per heavy atom. The van der Waals surface area contributed by atoms with Gasteiger partial charge in [0.25, 0.3) is 0 Å². The second kappa shape index (κ2) is 8.31. The third kappa shape index (κ3) is 3.89. The van der Waals surface area contributed by atoms with Crippen LogP contribution in [0.4, 0.5) is 0 Å². The zero-order valence-corrected chi connectivity index (χ0v) is 9.42. The van der Waals surface area contributed by atoms with Crippen LogP contribution >= 0.6 is 0 Å². The Morgan fingerprint density at radius 1 is 1.44 bits per heavy atom. The molecule has 1 aromatic carbocycles. The molecule has 0 saturated carbocycles. The van der Waals surface area contributed by atoms with Crippen LogP contribution in [0.15, 0.2) is 24.8 Å². The van der Waals surface area contributed by atoms with Crippen LogP contribution in [0.2, 0.25) is 0 Å². The van der Waals surface area contributed by atoms with Crippen molar-refractivity contribution in [1.82, 2.24) is 0 Å². The zero-order chi connectivity index (χ0) is 11.3. The molecule has 1 N–H and O–H groups in total. The van der Waals surface area contributed by atoms with Crippen molar-refractivity contribution in [2.45, 2.75) is 26.2 Å². The summed E-state index contributed by atoms with van der Waals surface area (Å²) in [5.41, 5.74) is 2.28. The molecule has 0 bridgehead atoms. The van der Waals surface area contributed by atoms with Crippen LogP contribution in [0.5, 0.6) is 11.5 Å². The van der Waals surface area contributed by atoms with Gasteiger partial charge in [-0.1, -0.05) is 25.5 Å². The van der Waals surface area contributed by atoms with Crippen LogP contribution in [0.25, 0.3) is 0 Å². The molecule has 0 aliphatic heterocycles. The molecule has 0 heterocycles. The summed E-state index contributed by atoms with van der Waals surface area (Å²) in [5, 5.41) is 9.66. The third-order valence-corrected chi connectivity index (χ3v) is 2.41. The molecule has 2 nitrogen and oxygen atoms in total. The van der Waals surface area contributed by atoms with Crippen molar-refractivity contribution in [3.8, 4) is 11.5 Å². The molecule has 0 saturated heterocycles. The van der Waals surface area contributed by atoms with E-state index in [0.717, 1.165) is 24.8 Å². The van der Waals surface area contributed by atoms with E-state index in [-0.39, 0.29) is 57.1 Å². The first-order valence-corrected chi connectivity index (χ1v) is 5.23. The minimum absolute atomic E-state index is 0.